The quantitative estimate of drug-likeness (QED) is 0.589. The predicted molar refractivity (Wildman–Crippen MR) is 63.9 cm³/mol. The Kier molecular flexibility index (Phi) is 4.08. The normalized spacial score (nSPS) is 11.2. The first-order valence-corrected chi connectivity index (χ1v) is 6.64. The fourth-order valence-corrected chi connectivity index (χ4v) is 1.66. The Morgan fingerprint density at radius 1 is 1.47 bits per heavy atom. The lowest BCUT2D eigenvalue weighted by Crippen LogP contribution is -2.21. The Morgan fingerprint density at radius 3 is 2.59 bits per heavy atom. The van der Waals surface area contributed by atoms with Gasteiger partial charge in [0.2, 0.25) is 10.0 Å². The highest BCUT2D eigenvalue weighted by molar-refractivity contribution is 7.88. The molecular weight excluding hydrogens is 244 g/mol. The van der Waals surface area contributed by atoms with Crippen LogP contribution in [0.15, 0.2) is 18.2 Å². The van der Waals surface area contributed by atoms with Crippen LogP contribution in [0.25, 0.3) is 0 Å². The summed E-state index contributed by atoms with van der Waals surface area (Å²) in [6.07, 6.45) is 1.07. The molecule has 0 bridgehead atoms. The third kappa shape index (κ3) is 4.04. The number of rotatable bonds is 4. The van der Waals surface area contributed by atoms with Gasteiger partial charge in [-0.15, -0.1) is 0 Å². The van der Waals surface area contributed by atoms with Crippen LogP contribution >= 0.6 is 0 Å². The standard InChI is InChI=1S/C10H14N2O4S/c1-16-10(13)8-4-3-7(5-9(8)11)6-12-17(2,14)15/h3-5,12H,6,11H2,1-2H3. The monoisotopic (exact) mass is 258 g/mol. The van der Waals surface area contributed by atoms with Crippen LogP contribution in [0.3, 0.4) is 0 Å². The van der Waals surface area contributed by atoms with Crippen molar-refractivity contribution in [3.8, 4) is 0 Å². The highest BCUT2D eigenvalue weighted by atomic mass is 32.2. The van der Waals surface area contributed by atoms with E-state index in [1.54, 1.807) is 6.07 Å². The van der Waals surface area contributed by atoms with Crippen molar-refractivity contribution in [3.63, 3.8) is 0 Å². The Morgan fingerprint density at radius 2 is 2.12 bits per heavy atom. The summed E-state index contributed by atoms with van der Waals surface area (Å²) in [6, 6.07) is 4.64. The molecule has 0 atom stereocenters. The average molecular weight is 258 g/mol. The minimum absolute atomic E-state index is 0.129. The number of nitrogens with two attached hydrogens (primary N) is 1. The Bertz CT molecular complexity index is 525. The van der Waals surface area contributed by atoms with Crippen molar-refractivity contribution in [1.29, 1.82) is 0 Å². The SMILES string of the molecule is COC(=O)c1ccc(CNS(C)(=O)=O)cc1N. The summed E-state index contributed by atoms with van der Waals surface area (Å²) in [5.74, 6) is -0.523. The maximum Gasteiger partial charge on any atom is 0.339 e. The van der Waals surface area contributed by atoms with Gasteiger partial charge in [-0.25, -0.2) is 17.9 Å². The molecule has 0 amide bonds. The van der Waals surface area contributed by atoms with E-state index in [9.17, 15) is 13.2 Å². The second kappa shape index (κ2) is 5.15. The lowest BCUT2D eigenvalue weighted by molar-refractivity contribution is 0.0602. The molecule has 17 heavy (non-hydrogen) atoms. The van der Waals surface area contributed by atoms with Crippen LogP contribution in [0, 0.1) is 0 Å². The lowest BCUT2D eigenvalue weighted by atomic mass is 10.1. The molecule has 0 aromatic heterocycles. The summed E-state index contributed by atoms with van der Waals surface area (Å²) in [5.41, 5.74) is 6.84. The molecule has 0 aliphatic carbocycles. The van der Waals surface area contributed by atoms with Crippen molar-refractivity contribution in [2.75, 3.05) is 19.1 Å². The number of anilines is 1. The van der Waals surface area contributed by atoms with E-state index < -0.39 is 16.0 Å². The van der Waals surface area contributed by atoms with Crippen molar-refractivity contribution < 1.29 is 17.9 Å². The van der Waals surface area contributed by atoms with Gasteiger partial charge in [0.15, 0.2) is 0 Å². The van der Waals surface area contributed by atoms with Crippen LogP contribution in [0.2, 0.25) is 0 Å². The molecule has 94 valence electrons. The Balaban J connectivity index is 2.86. The molecule has 0 aliphatic rings. The van der Waals surface area contributed by atoms with E-state index in [1.807, 2.05) is 0 Å². The minimum atomic E-state index is -3.25. The van der Waals surface area contributed by atoms with E-state index in [4.69, 9.17) is 5.73 Å². The fraction of sp³-hybridized carbons (Fsp3) is 0.300. The maximum atomic E-state index is 11.2. The Hall–Kier alpha value is -1.60. The van der Waals surface area contributed by atoms with Crippen LogP contribution in [-0.2, 0) is 21.3 Å². The van der Waals surface area contributed by atoms with E-state index in [0.29, 0.717) is 5.56 Å². The fourth-order valence-electron chi connectivity index (χ4n) is 1.23. The van der Waals surface area contributed by atoms with E-state index in [1.165, 1.54) is 19.2 Å². The number of sulfonamides is 1. The van der Waals surface area contributed by atoms with Crippen LogP contribution in [0.1, 0.15) is 15.9 Å². The number of nitrogens with one attached hydrogen (secondary N) is 1. The first-order valence-electron chi connectivity index (χ1n) is 4.75. The molecule has 1 aromatic carbocycles. The summed E-state index contributed by atoms with van der Waals surface area (Å²) in [4.78, 5) is 11.2. The molecule has 0 heterocycles. The number of benzene rings is 1. The van der Waals surface area contributed by atoms with E-state index in [-0.39, 0.29) is 17.8 Å². The van der Waals surface area contributed by atoms with Gasteiger partial charge in [-0.1, -0.05) is 6.07 Å². The zero-order valence-electron chi connectivity index (χ0n) is 9.56. The highest BCUT2D eigenvalue weighted by Crippen LogP contribution is 2.15. The summed E-state index contributed by atoms with van der Waals surface area (Å²) >= 11 is 0. The summed E-state index contributed by atoms with van der Waals surface area (Å²) in [6.45, 7) is 0.129. The predicted octanol–water partition coefficient (Wildman–Crippen LogP) is 0.105. The second-order valence-corrected chi connectivity index (χ2v) is 5.34. The smallest absolute Gasteiger partial charge is 0.339 e. The third-order valence-corrected chi connectivity index (χ3v) is 2.73. The molecule has 0 radical (unpaired) electrons. The topological polar surface area (TPSA) is 98.5 Å². The number of ether oxygens (including phenoxy) is 1. The molecule has 1 rings (SSSR count). The number of methoxy groups -OCH3 is 1. The van der Waals surface area contributed by atoms with Crippen LogP contribution < -0.4 is 10.5 Å². The van der Waals surface area contributed by atoms with Gasteiger partial charge in [0, 0.05) is 12.2 Å². The van der Waals surface area contributed by atoms with Crippen molar-refractivity contribution in [2.24, 2.45) is 0 Å². The average Bonchev–Trinajstić information content (AvgIpc) is 2.24. The molecule has 6 nitrogen and oxygen atoms in total. The van der Waals surface area contributed by atoms with E-state index in [2.05, 4.69) is 9.46 Å². The first kappa shape index (κ1) is 13.5. The van der Waals surface area contributed by atoms with Gasteiger partial charge >= 0.3 is 5.97 Å². The van der Waals surface area contributed by atoms with Crippen molar-refractivity contribution >= 4 is 21.7 Å². The summed E-state index contributed by atoms with van der Waals surface area (Å²) in [5, 5.41) is 0. The minimum Gasteiger partial charge on any atom is -0.465 e. The summed E-state index contributed by atoms with van der Waals surface area (Å²) in [7, 11) is -1.98. The highest BCUT2D eigenvalue weighted by Gasteiger charge is 2.10. The zero-order chi connectivity index (χ0) is 13.1. The number of nitrogen functional groups attached to an aromatic ring is 1. The molecule has 0 fully saturated rings. The molecule has 0 saturated carbocycles. The molecule has 0 saturated heterocycles. The molecule has 0 unspecified atom stereocenters. The van der Waals surface area contributed by atoms with Crippen molar-refractivity contribution in [3.05, 3.63) is 29.3 Å². The number of carbonyl (C=O) groups excluding carboxylic acids is 1. The van der Waals surface area contributed by atoms with Gasteiger partial charge in [-0.2, -0.15) is 0 Å². The van der Waals surface area contributed by atoms with E-state index in [0.717, 1.165) is 6.26 Å². The molecule has 0 spiro atoms. The van der Waals surface area contributed by atoms with Gasteiger partial charge in [0.1, 0.15) is 0 Å². The Labute approximate surface area is 99.8 Å². The lowest BCUT2D eigenvalue weighted by Gasteiger charge is -2.07. The third-order valence-electron chi connectivity index (χ3n) is 2.06. The van der Waals surface area contributed by atoms with Gasteiger partial charge < -0.3 is 10.5 Å². The van der Waals surface area contributed by atoms with E-state index >= 15 is 0 Å². The number of hydrogen-bond donors (Lipinski definition) is 2. The van der Waals surface area contributed by atoms with Crippen LogP contribution in [0.4, 0.5) is 5.69 Å². The molecular formula is C10H14N2O4S. The summed E-state index contributed by atoms with van der Waals surface area (Å²) < 4.78 is 28.7. The van der Waals surface area contributed by atoms with Gasteiger partial charge in [0.25, 0.3) is 0 Å². The van der Waals surface area contributed by atoms with Gasteiger partial charge in [0.05, 0.1) is 18.9 Å². The van der Waals surface area contributed by atoms with Crippen LogP contribution in [-0.4, -0.2) is 27.8 Å². The van der Waals surface area contributed by atoms with Crippen LogP contribution in [0.5, 0.6) is 0 Å². The number of carbonyl (C=O) groups is 1. The zero-order valence-corrected chi connectivity index (χ0v) is 10.4. The van der Waals surface area contributed by atoms with Gasteiger partial charge in [-0.3, -0.25) is 0 Å². The molecule has 3 N–H and O–H groups in total. The maximum absolute atomic E-state index is 11.2. The molecule has 1 aromatic rings. The second-order valence-electron chi connectivity index (χ2n) is 3.51. The largest absolute Gasteiger partial charge is 0.465 e. The van der Waals surface area contributed by atoms with Crippen molar-refractivity contribution in [2.45, 2.75) is 6.54 Å². The molecule has 7 heteroatoms. The first-order chi connectivity index (χ1) is 7.83. The van der Waals surface area contributed by atoms with Crippen molar-refractivity contribution in [1.82, 2.24) is 4.72 Å². The number of esters is 1. The van der Waals surface area contributed by atoms with Gasteiger partial charge in [-0.05, 0) is 17.7 Å². The molecule has 0 aliphatic heterocycles. The number of hydrogen-bond acceptors (Lipinski definition) is 5.